The number of carbonyl (C=O) groups excluding carboxylic acids is 1. The van der Waals surface area contributed by atoms with Crippen molar-refractivity contribution >= 4 is 23.2 Å². The zero-order chi connectivity index (χ0) is 21.8. The quantitative estimate of drug-likeness (QED) is 0.518. The summed E-state index contributed by atoms with van der Waals surface area (Å²) < 4.78 is 5.37. The maximum atomic E-state index is 12.9. The molecule has 0 atom stereocenters. The van der Waals surface area contributed by atoms with Crippen LogP contribution in [0.2, 0.25) is 0 Å². The first-order chi connectivity index (χ1) is 15.8. The molecule has 160 valence electrons. The summed E-state index contributed by atoms with van der Waals surface area (Å²) in [5, 5.41) is 15.7. The molecule has 9 heteroatoms. The molecule has 9 nitrogen and oxygen atoms in total. The molecule has 1 N–H and O–H groups in total. The molecule has 0 spiro atoms. The molecule has 0 aliphatic carbocycles. The van der Waals surface area contributed by atoms with E-state index in [0.717, 1.165) is 17.1 Å². The standard InChI is InChI=1S/C23H21N7O2/c31-23(19-16-20(32-28-19)17-4-2-1-3-5-17)30-14-12-29(13-15-30)22-7-6-21(26-27-22)25-18-8-10-24-11-9-18/h1-11,16H,12-15H2,(H,24,25,26). The van der Waals surface area contributed by atoms with E-state index in [-0.39, 0.29) is 5.91 Å². The molecule has 0 saturated carbocycles. The van der Waals surface area contributed by atoms with Crippen molar-refractivity contribution in [1.82, 2.24) is 25.2 Å². The maximum absolute atomic E-state index is 12.9. The van der Waals surface area contributed by atoms with Crippen LogP contribution in [0.4, 0.5) is 17.3 Å². The molecule has 0 bridgehead atoms. The van der Waals surface area contributed by atoms with Gasteiger partial charge in [0.15, 0.2) is 23.1 Å². The molecule has 4 heterocycles. The molecule has 32 heavy (non-hydrogen) atoms. The van der Waals surface area contributed by atoms with E-state index < -0.39 is 0 Å². The van der Waals surface area contributed by atoms with E-state index in [0.29, 0.717) is 43.5 Å². The Hall–Kier alpha value is -4.27. The van der Waals surface area contributed by atoms with Gasteiger partial charge in [0.1, 0.15) is 0 Å². The maximum Gasteiger partial charge on any atom is 0.276 e. The molecular formula is C23H21N7O2. The summed E-state index contributed by atoms with van der Waals surface area (Å²) in [6.45, 7) is 2.48. The van der Waals surface area contributed by atoms with Crippen LogP contribution in [0.3, 0.4) is 0 Å². The van der Waals surface area contributed by atoms with Gasteiger partial charge in [0.05, 0.1) is 0 Å². The first kappa shape index (κ1) is 19.7. The number of anilines is 3. The van der Waals surface area contributed by atoms with Crippen LogP contribution >= 0.6 is 0 Å². The molecular weight excluding hydrogens is 406 g/mol. The van der Waals surface area contributed by atoms with Gasteiger partial charge < -0.3 is 19.6 Å². The fourth-order valence-electron chi connectivity index (χ4n) is 3.56. The monoisotopic (exact) mass is 427 g/mol. The van der Waals surface area contributed by atoms with Gasteiger partial charge in [0.25, 0.3) is 5.91 Å². The molecule has 1 saturated heterocycles. The molecule has 5 rings (SSSR count). The number of benzene rings is 1. The smallest absolute Gasteiger partial charge is 0.276 e. The lowest BCUT2D eigenvalue weighted by Crippen LogP contribution is -2.49. The Morgan fingerprint density at radius 3 is 2.41 bits per heavy atom. The van der Waals surface area contributed by atoms with Gasteiger partial charge in [0, 0.05) is 55.9 Å². The minimum Gasteiger partial charge on any atom is -0.355 e. The second kappa shape index (κ2) is 8.84. The average Bonchev–Trinajstić information content (AvgIpc) is 3.36. The summed E-state index contributed by atoms with van der Waals surface area (Å²) in [5.41, 5.74) is 2.12. The van der Waals surface area contributed by atoms with Gasteiger partial charge in [-0.15, -0.1) is 10.2 Å². The number of carbonyl (C=O) groups is 1. The number of hydrogen-bond acceptors (Lipinski definition) is 8. The lowest BCUT2D eigenvalue weighted by Gasteiger charge is -2.34. The lowest BCUT2D eigenvalue weighted by molar-refractivity contribution is 0.0736. The molecule has 4 aromatic rings. The Kier molecular flexibility index (Phi) is 5.44. The van der Waals surface area contributed by atoms with Crippen LogP contribution in [0.1, 0.15) is 10.5 Å². The van der Waals surface area contributed by atoms with Crippen molar-refractivity contribution in [3.8, 4) is 11.3 Å². The Bertz CT molecular complexity index is 1170. The van der Waals surface area contributed by atoms with E-state index in [1.54, 1.807) is 23.4 Å². The summed E-state index contributed by atoms with van der Waals surface area (Å²) in [4.78, 5) is 20.7. The largest absolute Gasteiger partial charge is 0.355 e. The second-order valence-corrected chi connectivity index (χ2v) is 7.36. The fraction of sp³-hybridized carbons (Fsp3) is 0.174. The number of hydrogen-bond donors (Lipinski definition) is 1. The molecule has 1 aliphatic rings. The highest BCUT2D eigenvalue weighted by Gasteiger charge is 2.25. The van der Waals surface area contributed by atoms with Crippen LogP contribution in [-0.2, 0) is 0 Å². The number of amides is 1. The molecule has 3 aromatic heterocycles. The van der Waals surface area contributed by atoms with E-state index in [9.17, 15) is 4.79 Å². The number of nitrogens with one attached hydrogen (secondary N) is 1. The van der Waals surface area contributed by atoms with Crippen LogP contribution in [-0.4, -0.2) is 57.3 Å². The van der Waals surface area contributed by atoms with Crippen molar-refractivity contribution in [2.75, 3.05) is 36.4 Å². The predicted octanol–water partition coefficient (Wildman–Crippen LogP) is 3.23. The Balaban J connectivity index is 1.18. The normalized spacial score (nSPS) is 13.8. The van der Waals surface area contributed by atoms with Gasteiger partial charge in [-0.2, -0.15) is 0 Å². The zero-order valence-corrected chi connectivity index (χ0v) is 17.3. The molecule has 1 fully saturated rings. The number of pyridine rings is 1. The number of aromatic nitrogens is 4. The molecule has 1 aliphatic heterocycles. The van der Waals surface area contributed by atoms with Gasteiger partial charge in [0.2, 0.25) is 0 Å². The third-order valence-electron chi connectivity index (χ3n) is 5.28. The summed E-state index contributed by atoms with van der Waals surface area (Å²) in [5.74, 6) is 1.90. The minimum atomic E-state index is -0.126. The van der Waals surface area contributed by atoms with Crippen LogP contribution in [0.5, 0.6) is 0 Å². The number of rotatable bonds is 5. The van der Waals surface area contributed by atoms with Gasteiger partial charge >= 0.3 is 0 Å². The van der Waals surface area contributed by atoms with Crippen LogP contribution < -0.4 is 10.2 Å². The number of piperazine rings is 1. The topological polar surface area (TPSA) is 100 Å². The first-order valence-corrected chi connectivity index (χ1v) is 10.3. The minimum absolute atomic E-state index is 0.126. The van der Waals surface area contributed by atoms with Gasteiger partial charge in [-0.25, -0.2) is 0 Å². The highest BCUT2D eigenvalue weighted by molar-refractivity contribution is 5.93. The first-order valence-electron chi connectivity index (χ1n) is 10.3. The van der Waals surface area contributed by atoms with Crippen molar-refractivity contribution in [3.05, 3.63) is 78.8 Å². The molecule has 0 unspecified atom stereocenters. The summed E-state index contributed by atoms with van der Waals surface area (Å²) >= 11 is 0. The summed E-state index contributed by atoms with van der Waals surface area (Å²) in [6, 6.07) is 18.9. The van der Waals surface area contributed by atoms with Crippen molar-refractivity contribution in [2.24, 2.45) is 0 Å². The Labute approximate surface area is 184 Å². The van der Waals surface area contributed by atoms with Crippen LogP contribution in [0.25, 0.3) is 11.3 Å². The zero-order valence-electron chi connectivity index (χ0n) is 17.3. The van der Waals surface area contributed by atoms with Crippen molar-refractivity contribution in [3.63, 3.8) is 0 Å². The highest BCUT2D eigenvalue weighted by Crippen LogP contribution is 2.22. The summed E-state index contributed by atoms with van der Waals surface area (Å²) in [6.07, 6.45) is 3.43. The van der Waals surface area contributed by atoms with Gasteiger partial charge in [-0.1, -0.05) is 35.5 Å². The second-order valence-electron chi connectivity index (χ2n) is 7.36. The molecule has 0 radical (unpaired) electrons. The number of nitrogens with zero attached hydrogens (tertiary/aromatic N) is 6. The molecule has 1 aromatic carbocycles. The van der Waals surface area contributed by atoms with Crippen LogP contribution in [0.15, 0.2) is 77.6 Å². The van der Waals surface area contributed by atoms with E-state index >= 15 is 0 Å². The third kappa shape index (κ3) is 4.27. The SMILES string of the molecule is O=C(c1cc(-c2ccccc2)on1)N1CCN(c2ccc(Nc3ccncc3)nn2)CC1. The van der Waals surface area contributed by atoms with Crippen molar-refractivity contribution in [2.45, 2.75) is 0 Å². The third-order valence-corrected chi connectivity index (χ3v) is 5.28. The van der Waals surface area contributed by atoms with Crippen molar-refractivity contribution < 1.29 is 9.32 Å². The van der Waals surface area contributed by atoms with Crippen LogP contribution in [0, 0.1) is 0 Å². The van der Waals surface area contributed by atoms with E-state index in [1.165, 1.54) is 0 Å². The van der Waals surface area contributed by atoms with E-state index in [1.807, 2.05) is 54.6 Å². The highest BCUT2D eigenvalue weighted by atomic mass is 16.5. The van der Waals surface area contributed by atoms with Gasteiger partial charge in [-0.3, -0.25) is 9.78 Å². The van der Waals surface area contributed by atoms with Crippen molar-refractivity contribution in [1.29, 1.82) is 0 Å². The Morgan fingerprint density at radius 1 is 0.906 bits per heavy atom. The van der Waals surface area contributed by atoms with E-state index in [4.69, 9.17) is 4.52 Å². The lowest BCUT2D eigenvalue weighted by atomic mass is 10.1. The summed E-state index contributed by atoms with van der Waals surface area (Å²) in [7, 11) is 0. The average molecular weight is 427 g/mol. The van der Waals surface area contributed by atoms with Gasteiger partial charge in [-0.05, 0) is 24.3 Å². The van der Waals surface area contributed by atoms with E-state index in [2.05, 4.69) is 30.6 Å². The molecule has 1 amide bonds. The predicted molar refractivity (Wildman–Crippen MR) is 120 cm³/mol. The Morgan fingerprint density at radius 2 is 1.69 bits per heavy atom. The fourth-order valence-corrected chi connectivity index (χ4v) is 3.56.